The molecule has 0 spiro atoms. The van der Waals surface area contributed by atoms with Crippen molar-refractivity contribution in [1.82, 2.24) is 0 Å². The van der Waals surface area contributed by atoms with Crippen LogP contribution in [0.15, 0.2) is 30.9 Å². The van der Waals surface area contributed by atoms with E-state index in [9.17, 15) is 4.39 Å². The van der Waals surface area contributed by atoms with Crippen molar-refractivity contribution in [2.24, 2.45) is 5.73 Å². The van der Waals surface area contributed by atoms with Gasteiger partial charge in [-0.3, -0.25) is 0 Å². The van der Waals surface area contributed by atoms with E-state index in [1.165, 1.54) is 12.1 Å². The Balaban J connectivity index is 2.59. The number of ether oxygens (including phenoxy) is 1. The third-order valence-electron chi connectivity index (χ3n) is 2.77. The zero-order chi connectivity index (χ0) is 13.4. The van der Waals surface area contributed by atoms with E-state index in [4.69, 9.17) is 10.5 Å². The van der Waals surface area contributed by atoms with Crippen molar-refractivity contribution in [3.63, 3.8) is 0 Å². The van der Waals surface area contributed by atoms with Crippen molar-refractivity contribution in [1.29, 1.82) is 0 Å². The number of hydrogen-bond acceptors (Lipinski definition) is 2. The summed E-state index contributed by atoms with van der Waals surface area (Å²) >= 11 is 0. The Morgan fingerprint density at radius 3 is 2.89 bits per heavy atom. The van der Waals surface area contributed by atoms with E-state index in [1.807, 2.05) is 19.1 Å². The molecule has 0 amide bonds. The second-order valence-corrected chi connectivity index (χ2v) is 4.45. The molecule has 0 saturated heterocycles. The first-order valence-corrected chi connectivity index (χ1v) is 6.44. The maximum atomic E-state index is 13.4. The number of rotatable bonds is 8. The third-order valence-corrected chi connectivity index (χ3v) is 2.77. The van der Waals surface area contributed by atoms with E-state index in [-0.39, 0.29) is 11.9 Å². The summed E-state index contributed by atoms with van der Waals surface area (Å²) in [5.74, 6) is 0.312. The first-order chi connectivity index (χ1) is 8.65. The molecule has 0 aliphatic rings. The highest BCUT2D eigenvalue weighted by atomic mass is 19.1. The summed E-state index contributed by atoms with van der Waals surface area (Å²) < 4.78 is 18.9. The zero-order valence-electron chi connectivity index (χ0n) is 11.0. The van der Waals surface area contributed by atoms with E-state index < -0.39 is 0 Å². The number of allylic oxidation sites excluding steroid dienone is 1. The molecule has 0 aliphatic carbocycles. The molecule has 0 aromatic heterocycles. The lowest BCUT2D eigenvalue weighted by Crippen LogP contribution is -2.21. The molecule has 2 N–H and O–H groups in total. The molecule has 0 radical (unpaired) electrons. The maximum Gasteiger partial charge on any atom is 0.127 e. The van der Waals surface area contributed by atoms with Gasteiger partial charge in [0.15, 0.2) is 0 Å². The van der Waals surface area contributed by atoms with Gasteiger partial charge in [0.1, 0.15) is 11.6 Å². The average molecular weight is 251 g/mol. The van der Waals surface area contributed by atoms with Gasteiger partial charge in [-0.25, -0.2) is 4.39 Å². The molecule has 1 aromatic rings. The number of halogens is 1. The second kappa shape index (κ2) is 7.88. The molecule has 1 aromatic carbocycles. The molecule has 0 heterocycles. The van der Waals surface area contributed by atoms with Crippen LogP contribution in [0, 0.1) is 5.82 Å². The van der Waals surface area contributed by atoms with E-state index >= 15 is 0 Å². The van der Waals surface area contributed by atoms with E-state index in [0.29, 0.717) is 18.8 Å². The predicted octanol–water partition coefficient (Wildman–Crippen LogP) is 3.45. The fourth-order valence-electron chi connectivity index (χ4n) is 1.69. The molecule has 0 fully saturated rings. The maximum absolute atomic E-state index is 13.4. The normalized spacial score (nSPS) is 12.2. The van der Waals surface area contributed by atoms with Crippen LogP contribution in [0.1, 0.15) is 31.7 Å². The van der Waals surface area contributed by atoms with E-state index in [1.54, 1.807) is 0 Å². The standard InChI is InChI=1S/C15H22FNO/c1-3-5-6-7-18-15-10-12(8-13(16)11-15)9-14(17)4-2/h3,8,10-11,14H,1,4-7,9,17H2,2H3. The highest BCUT2D eigenvalue weighted by molar-refractivity contribution is 5.30. The van der Waals surface area contributed by atoms with Crippen molar-refractivity contribution >= 4 is 0 Å². The molecule has 3 heteroatoms. The summed E-state index contributed by atoms with van der Waals surface area (Å²) in [6.45, 7) is 6.25. The second-order valence-electron chi connectivity index (χ2n) is 4.45. The van der Waals surface area contributed by atoms with Gasteiger partial charge >= 0.3 is 0 Å². The number of benzene rings is 1. The lowest BCUT2D eigenvalue weighted by molar-refractivity contribution is 0.310. The van der Waals surface area contributed by atoms with Crippen LogP contribution in [0.4, 0.5) is 4.39 Å². The van der Waals surface area contributed by atoms with Crippen molar-refractivity contribution in [2.45, 2.75) is 38.6 Å². The molecule has 1 atom stereocenters. The SMILES string of the molecule is C=CCCCOc1cc(F)cc(CC(N)CC)c1. The molecule has 0 saturated carbocycles. The number of hydrogen-bond donors (Lipinski definition) is 1. The van der Waals surface area contributed by atoms with Gasteiger partial charge in [0.05, 0.1) is 6.61 Å². The van der Waals surface area contributed by atoms with Gasteiger partial charge < -0.3 is 10.5 Å². The van der Waals surface area contributed by atoms with Crippen LogP contribution in [-0.4, -0.2) is 12.6 Å². The quantitative estimate of drug-likeness (QED) is 0.567. The fourth-order valence-corrected chi connectivity index (χ4v) is 1.69. The Labute approximate surface area is 109 Å². The third kappa shape index (κ3) is 5.32. The van der Waals surface area contributed by atoms with Gasteiger partial charge in [-0.15, -0.1) is 6.58 Å². The monoisotopic (exact) mass is 251 g/mol. The lowest BCUT2D eigenvalue weighted by atomic mass is 10.0. The van der Waals surface area contributed by atoms with E-state index in [2.05, 4.69) is 6.58 Å². The summed E-state index contributed by atoms with van der Waals surface area (Å²) in [5, 5.41) is 0. The molecule has 18 heavy (non-hydrogen) atoms. The van der Waals surface area contributed by atoms with Gasteiger partial charge in [0.25, 0.3) is 0 Å². The zero-order valence-corrected chi connectivity index (χ0v) is 11.0. The van der Waals surface area contributed by atoms with Gasteiger partial charge in [-0.1, -0.05) is 13.0 Å². The summed E-state index contributed by atoms with van der Waals surface area (Å²) in [5.41, 5.74) is 6.76. The van der Waals surface area contributed by atoms with E-state index in [0.717, 1.165) is 24.8 Å². The Hall–Kier alpha value is -1.35. The van der Waals surface area contributed by atoms with Crippen LogP contribution < -0.4 is 10.5 Å². The predicted molar refractivity (Wildman–Crippen MR) is 73.3 cm³/mol. The number of unbranched alkanes of at least 4 members (excludes halogenated alkanes) is 1. The molecular weight excluding hydrogens is 229 g/mol. The summed E-state index contributed by atoms with van der Waals surface area (Å²) in [6, 6.07) is 4.87. The van der Waals surface area contributed by atoms with Crippen molar-refractivity contribution in [2.75, 3.05) is 6.61 Å². The van der Waals surface area contributed by atoms with Crippen LogP contribution in [0.25, 0.3) is 0 Å². The van der Waals surface area contributed by atoms with Crippen LogP contribution >= 0.6 is 0 Å². The highest BCUT2D eigenvalue weighted by Gasteiger charge is 2.06. The molecule has 0 bridgehead atoms. The minimum atomic E-state index is -0.269. The molecule has 100 valence electrons. The molecule has 1 rings (SSSR count). The molecule has 0 aliphatic heterocycles. The Morgan fingerprint density at radius 1 is 1.44 bits per heavy atom. The van der Waals surface area contributed by atoms with Crippen LogP contribution in [0.2, 0.25) is 0 Å². The topological polar surface area (TPSA) is 35.2 Å². The fraction of sp³-hybridized carbons (Fsp3) is 0.467. The highest BCUT2D eigenvalue weighted by Crippen LogP contribution is 2.18. The minimum Gasteiger partial charge on any atom is -0.493 e. The van der Waals surface area contributed by atoms with Gasteiger partial charge in [-0.2, -0.15) is 0 Å². The lowest BCUT2D eigenvalue weighted by Gasteiger charge is -2.11. The van der Waals surface area contributed by atoms with Gasteiger partial charge in [-0.05, 0) is 43.4 Å². The Morgan fingerprint density at radius 2 is 2.22 bits per heavy atom. The minimum absolute atomic E-state index is 0.0698. The van der Waals surface area contributed by atoms with Crippen LogP contribution in [-0.2, 0) is 6.42 Å². The number of nitrogens with two attached hydrogens (primary N) is 1. The van der Waals surface area contributed by atoms with Crippen LogP contribution in [0.5, 0.6) is 5.75 Å². The van der Waals surface area contributed by atoms with Crippen LogP contribution in [0.3, 0.4) is 0 Å². The van der Waals surface area contributed by atoms with Crippen molar-refractivity contribution < 1.29 is 9.13 Å². The van der Waals surface area contributed by atoms with Crippen molar-refractivity contribution in [3.05, 3.63) is 42.2 Å². The van der Waals surface area contributed by atoms with Crippen molar-refractivity contribution in [3.8, 4) is 5.75 Å². The summed E-state index contributed by atoms with van der Waals surface area (Å²) in [7, 11) is 0. The first-order valence-electron chi connectivity index (χ1n) is 6.44. The van der Waals surface area contributed by atoms with Gasteiger partial charge in [0, 0.05) is 12.1 Å². The summed E-state index contributed by atoms with van der Waals surface area (Å²) in [4.78, 5) is 0. The summed E-state index contributed by atoms with van der Waals surface area (Å²) in [6.07, 6.45) is 5.21. The Bertz CT molecular complexity index is 379. The molecular formula is C15H22FNO. The largest absolute Gasteiger partial charge is 0.493 e. The average Bonchev–Trinajstić information content (AvgIpc) is 2.34. The molecule has 2 nitrogen and oxygen atoms in total. The molecule has 1 unspecified atom stereocenters. The smallest absolute Gasteiger partial charge is 0.127 e. The first kappa shape index (κ1) is 14.7. The Kier molecular flexibility index (Phi) is 6.44. The van der Waals surface area contributed by atoms with Gasteiger partial charge in [0.2, 0.25) is 0 Å².